The molecule has 0 spiro atoms. The van der Waals surface area contributed by atoms with Crippen molar-refractivity contribution in [3.63, 3.8) is 0 Å². The van der Waals surface area contributed by atoms with E-state index >= 15 is 0 Å². The Hall–Kier alpha value is -3.08. The van der Waals surface area contributed by atoms with Crippen molar-refractivity contribution in [2.45, 2.75) is 39.2 Å². The molecule has 1 amide bonds. The molecule has 0 saturated carbocycles. The monoisotopic (exact) mass is 388 g/mol. The van der Waals surface area contributed by atoms with Gasteiger partial charge >= 0.3 is 0 Å². The van der Waals surface area contributed by atoms with Crippen LogP contribution in [0.25, 0.3) is 21.9 Å². The normalized spacial score (nSPS) is 12.7. The number of H-pyrrole nitrogens is 1. The zero-order valence-electron chi connectivity index (χ0n) is 17.3. The fraction of sp³-hybridized carbons (Fsp3) is 0.333. The van der Waals surface area contributed by atoms with Gasteiger partial charge in [-0.05, 0) is 42.5 Å². The number of aryl methyl sites for hydroxylation is 2. The lowest BCUT2D eigenvalue weighted by Crippen LogP contribution is -2.30. The molecule has 0 saturated heterocycles. The fourth-order valence-electron chi connectivity index (χ4n) is 3.99. The summed E-state index contributed by atoms with van der Waals surface area (Å²) in [6.07, 6.45) is 4.16. The number of hydrogen-bond acceptors (Lipinski definition) is 2. The van der Waals surface area contributed by atoms with E-state index in [1.54, 1.807) is 0 Å². The number of rotatable bonds is 7. The molecule has 0 aliphatic carbocycles. The second-order valence-corrected chi connectivity index (χ2v) is 8.17. The van der Waals surface area contributed by atoms with Crippen LogP contribution in [0, 0.1) is 5.92 Å². The van der Waals surface area contributed by atoms with E-state index in [0.29, 0.717) is 12.3 Å². The molecule has 150 valence electrons. The Morgan fingerprint density at radius 2 is 1.90 bits per heavy atom. The summed E-state index contributed by atoms with van der Waals surface area (Å²) in [7, 11) is 2.05. The summed E-state index contributed by atoms with van der Waals surface area (Å²) in [5.41, 5.74) is 4.34. The number of fused-ring (bicyclic) bond motifs is 2. The number of imidazole rings is 1. The molecule has 0 aliphatic heterocycles. The van der Waals surface area contributed by atoms with Crippen LogP contribution in [0.3, 0.4) is 0 Å². The van der Waals surface area contributed by atoms with Crippen LogP contribution in [0.4, 0.5) is 0 Å². The molecule has 0 fully saturated rings. The van der Waals surface area contributed by atoms with Crippen LogP contribution in [0.5, 0.6) is 0 Å². The van der Waals surface area contributed by atoms with E-state index in [-0.39, 0.29) is 11.9 Å². The third kappa shape index (κ3) is 4.19. The van der Waals surface area contributed by atoms with E-state index in [2.05, 4.69) is 47.0 Å². The Morgan fingerprint density at radius 1 is 1.14 bits per heavy atom. The lowest BCUT2D eigenvalue weighted by molar-refractivity contribution is -0.122. The van der Waals surface area contributed by atoms with Gasteiger partial charge in [0.1, 0.15) is 5.82 Å². The summed E-state index contributed by atoms with van der Waals surface area (Å²) >= 11 is 0. The molecule has 0 aliphatic rings. The number of hydrogen-bond donors (Lipinski definition) is 2. The Kier molecular flexibility index (Phi) is 5.38. The van der Waals surface area contributed by atoms with Crippen molar-refractivity contribution >= 4 is 27.8 Å². The van der Waals surface area contributed by atoms with Gasteiger partial charge in [0.25, 0.3) is 0 Å². The second-order valence-electron chi connectivity index (χ2n) is 8.17. The maximum Gasteiger partial charge on any atom is 0.220 e. The highest BCUT2D eigenvalue weighted by Gasteiger charge is 2.20. The largest absolute Gasteiger partial charge is 0.350 e. The minimum Gasteiger partial charge on any atom is -0.350 e. The van der Waals surface area contributed by atoms with Gasteiger partial charge in [0, 0.05) is 30.6 Å². The maximum atomic E-state index is 12.8. The van der Waals surface area contributed by atoms with Crippen molar-refractivity contribution in [1.82, 2.24) is 19.9 Å². The molecule has 4 rings (SSSR count). The van der Waals surface area contributed by atoms with E-state index in [1.165, 1.54) is 16.5 Å². The first kappa shape index (κ1) is 19.2. The Labute approximate surface area is 171 Å². The van der Waals surface area contributed by atoms with Crippen molar-refractivity contribution < 1.29 is 4.79 Å². The van der Waals surface area contributed by atoms with Gasteiger partial charge in [0.05, 0.1) is 17.1 Å². The second kappa shape index (κ2) is 8.11. The van der Waals surface area contributed by atoms with Crippen molar-refractivity contribution in [2.24, 2.45) is 13.0 Å². The molecule has 2 heterocycles. The molecule has 5 heteroatoms. The summed E-state index contributed by atoms with van der Waals surface area (Å²) < 4.78 is 2.12. The van der Waals surface area contributed by atoms with Crippen LogP contribution < -0.4 is 5.32 Å². The number of nitrogens with one attached hydrogen (secondary N) is 2. The number of aromatic nitrogens is 3. The summed E-state index contributed by atoms with van der Waals surface area (Å²) in [4.78, 5) is 20.9. The Morgan fingerprint density at radius 3 is 2.69 bits per heavy atom. The Bertz CT molecular complexity index is 1110. The van der Waals surface area contributed by atoms with Crippen molar-refractivity contribution in [2.75, 3.05) is 0 Å². The average Bonchev–Trinajstić information content (AvgIpc) is 3.27. The zero-order chi connectivity index (χ0) is 20.4. The number of carbonyl (C=O) groups excluding carboxylic acids is 1. The minimum atomic E-state index is -0.109. The number of aromatic amines is 1. The molecular weight excluding hydrogens is 360 g/mol. The fourth-order valence-corrected chi connectivity index (χ4v) is 3.99. The van der Waals surface area contributed by atoms with Crippen molar-refractivity contribution in [3.8, 4) is 0 Å². The number of carbonyl (C=O) groups is 1. The number of nitrogens with zero attached hydrogens (tertiary/aromatic N) is 2. The zero-order valence-corrected chi connectivity index (χ0v) is 17.3. The van der Waals surface area contributed by atoms with Gasteiger partial charge in [-0.1, -0.05) is 44.2 Å². The Balaban J connectivity index is 1.47. The standard InChI is InChI=1S/C24H28N4O/c1-16(2)14-21(24-26-19-9-5-6-10-20(19)27-24)25-23(29)13-12-17-15-28(3)22-11-7-4-8-18(17)22/h4-11,15-16,21H,12-14H2,1-3H3,(H,25,29)(H,26,27)/t21-/m1/s1. The van der Waals surface area contributed by atoms with Crippen LogP contribution in [0.2, 0.25) is 0 Å². The van der Waals surface area contributed by atoms with Gasteiger partial charge in [-0.2, -0.15) is 0 Å². The van der Waals surface area contributed by atoms with Crippen molar-refractivity contribution in [1.29, 1.82) is 0 Å². The highest BCUT2D eigenvalue weighted by atomic mass is 16.1. The van der Waals surface area contributed by atoms with Crippen LogP contribution in [0.15, 0.2) is 54.7 Å². The van der Waals surface area contributed by atoms with Gasteiger partial charge in [0.2, 0.25) is 5.91 Å². The van der Waals surface area contributed by atoms with Crippen LogP contribution in [0.1, 0.15) is 44.1 Å². The first-order chi connectivity index (χ1) is 14.0. The predicted molar refractivity (Wildman–Crippen MR) is 118 cm³/mol. The molecule has 0 unspecified atom stereocenters. The van der Waals surface area contributed by atoms with Gasteiger partial charge in [-0.15, -0.1) is 0 Å². The lowest BCUT2D eigenvalue weighted by Gasteiger charge is -2.18. The molecule has 1 atom stereocenters. The quantitative estimate of drug-likeness (QED) is 0.473. The smallest absolute Gasteiger partial charge is 0.220 e. The van der Waals surface area contributed by atoms with Crippen LogP contribution in [-0.4, -0.2) is 20.4 Å². The molecule has 2 N–H and O–H groups in total. The molecule has 29 heavy (non-hydrogen) atoms. The van der Waals surface area contributed by atoms with Crippen LogP contribution in [-0.2, 0) is 18.3 Å². The average molecular weight is 389 g/mol. The summed E-state index contributed by atoms with van der Waals surface area (Å²) in [6, 6.07) is 16.2. The first-order valence-electron chi connectivity index (χ1n) is 10.3. The van der Waals surface area contributed by atoms with Crippen LogP contribution >= 0.6 is 0 Å². The van der Waals surface area contributed by atoms with Crippen molar-refractivity contribution in [3.05, 3.63) is 66.1 Å². The SMILES string of the molecule is CC(C)C[C@@H](NC(=O)CCc1cn(C)c2ccccc12)c1nc2ccccc2[nH]1. The van der Waals surface area contributed by atoms with E-state index in [9.17, 15) is 4.79 Å². The molecule has 5 nitrogen and oxygen atoms in total. The molecule has 2 aromatic heterocycles. The minimum absolute atomic E-state index is 0.0593. The number of para-hydroxylation sites is 3. The van der Waals surface area contributed by atoms with Gasteiger partial charge < -0.3 is 14.9 Å². The topological polar surface area (TPSA) is 62.7 Å². The molecule has 4 aromatic rings. The summed E-state index contributed by atoms with van der Waals surface area (Å²) in [5, 5.41) is 4.43. The van der Waals surface area contributed by atoms with Gasteiger partial charge in [-0.25, -0.2) is 4.98 Å². The predicted octanol–water partition coefficient (Wildman–Crippen LogP) is 4.89. The molecule has 0 radical (unpaired) electrons. The third-order valence-electron chi connectivity index (χ3n) is 5.38. The maximum absolute atomic E-state index is 12.8. The van der Waals surface area contributed by atoms with Gasteiger partial charge in [0.15, 0.2) is 0 Å². The van der Waals surface area contributed by atoms with E-state index < -0.39 is 0 Å². The highest BCUT2D eigenvalue weighted by molar-refractivity contribution is 5.85. The molecule has 0 bridgehead atoms. The van der Waals surface area contributed by atoms with Gasteiger partial charge in [-0.3, -0.25) is 4.79 Å². The molecular formula is C24H28N4O. The van der Waals surface area contributed by atoms with E-state index in [0.717, 1.165) is 29.7 Å². The number of benzene rings is 2. The van der Waals surface area contributed by atoms with E-state index in [1.807, 2.05) is 43.4 Å². The summed E-state index contributed by atoms with van der Waals surface area (Å²) in [6.45, 7) is 4.33. The number of amides is 1. The third-order valence-corrected chi connectivity index (χ3v) is 5.38. The molecule has 2 aromatic carbocycles. The highest BCUT2D eigenvalue weighted by Crippen LogP contribution is 2.24. The lowest BCUT2D eigenvalue weighted by atomic mass is 10.0. The first-order valence-corrected chi connectivity index (χ1v) is 10.3. The summed E-state index contributed by atoms with van der Waals surface area (Å²) in [5.74, 6) is 1.34. The van der Waals surface area contributed by atoms with E-state index in [4.69, 9.17) is 4.98 Å².